The lowest BCUT2D eigenvalue weighted by Gasteiger charge is -2.24. The number of hydrogen-bond donors (Lipinski definition) is 3. The third-order valence-corrected chi connectivity index (χ3v) is 7.41. The Bertz CT molecular complexity index is 1350. The van der Waals surface area contributed by atoms with Crippen molar-refractivity contribution in [2.45, 2.75) is 12.7 Å². The monoisotopic (exact) mass is 498 g/mol. The van der Waals surface area contributed by atoms with E-state index in [1.165, 1.54) is 0 Å². The lowest BCUT2D eigenvalue weighted by molar-refractivity contribution is 0.347. The van der Waals surface area contributed by atoms with E-state index in [1.807, 2.05) is 89.9 Å². The summed E-state index contributed by atoms with van der Waals surface area (Å²) in [6, 6.07) is 19.6. The summed E-state index contributed by atoms with van der Waals surface area (Å²) in [6.45, 7) is 4.83. The van der Waals surface area contributed by atoms with E-state index in [-0.39, 0.29) is 16.5 Å². The Balaban J connectivity index is 1.58. The van der Waals surface area contributed by atoms with Crippen LogP contribution in [0.2, 0.25) is 0 Å². The SMILES string of the molecule is C=C(/C(=C1\C(=N)SC(C2NNC(=S)N2Cc2ccccc2)=C1F)C1C=C=CC=C1)c1ccccc1. The van der Waals surface area contributed by atoms with Gasteiger partial charge in [0.25, 0.3) is 0 Å². The molecule has 4 nitrogen and oxygen atoms in total. The maximum absolute atomic E-state index is 16.3. The van der Waals surface area contributed by atoms with Gasteiger partial charge in [-0.3, -0.25) is 10.8 Å². The van der Waals surface area contributed by atoms with Crippen molar-refractivity contribution in [1.82, 2.24) is 15.8 Å². The van der Waals surface area contributed by atoms with Gasteiger partial charge in [-0.2, -0.15) is 0 Å². The molecule has 0 radical (unpaired) electrons. The summed E-state index contributed by atoms with van der Waals surface area (Å²) in [7, 11) is 0. The van der Waals surface area contributed by atoms with Crippen LogP contribution in [0.3, 0.4) is 0 Å². The Kier molecular flexibility index (Phi) is 6.66. The largest absolute Gasteiger partial charge is 0.322 e. The molecular formula is C28H23FN4S2. The number of hydrazine groups is 1. The van der Waals surface area contributed by atoms with Gasteiger partial charge in [0, 0.05) is 18.0 Å². The quantitative estimate of drug-likeness (QED) is 0.336. The van der Waals surface area contributed by atoms with Gasteiger partial charge in [0.05, 0.1) is 4.91 Å². The molecule has 0 spiro atoms. The van der Waals surface area contributed by atoms with Crippen LogP contribution in [0.15, 0.2) is 119 Å². The third-order valence-electron chi connectivity index (χ3n) is 6.04. The van der Waals surface area contributed by atoms with Crippen molar-refractivity contribution in [2.75, 3.05) is 0 Å². The van der Waals surface area contributed by atoms with Gasteiger partial charge < -0.3 is 4.90 Å². The smallest absolute Gasteiger partial charge is 0.185 e. The van der Waals surface area contributed by atoms with Crippen LogP contribution in [-0.2, 0) is 6.54 Å². The van der Waals surface area contributed by atoms with Crippen LogP contribution >= 0.6 is 24.0 Å². The standard InChI is InChI=1S/C28H23FN4S2/c1-18(20-13-7-3-8-14-20)22(21-15-9-4-10-16-21)23-24(29)25(35-26(23)30)27-31-32-28(34)33(27)17-19-11-5-2-6-12-19/h2-9,11-16,21,27,30-31H,1,17H2,(H,32,34)/b23-22+,30-26?. The predicted octanol–water partition coefficient (Wildman–Crippen LogP) is 6.02. The van der Waals surface area contributed by atoms with Crippen LogP contribution in [0.5, 0.6) is 0 Å². The van der Waals surface area contributed by atoms with Gasteiger partial charge in [0.2, 0.25) is 0 Å². The summed E-state index contributed by atoms with van der Waals surface area (Å²) in [5.74, 6) is -0.671. The van der Waals surface area contributed by atoms with Crippen molar-refractivity contribution in [3.63, 3.8) is 0 Å². The van der Waals surface area contributed by atoms with E-state index in [0.717, 1.165) is 22.9 Å². The average Bonchev–Trinajstić information content (AvgIpc) is 3.39. The van der Waals surface area contributed by atoms with Gasteiger partial charge >= 0.3 is 0 Å². The molecular weight excluding hydrogens is 475 g/mol. The third kappa shape index (κ3) is 4.59. The number of thioether (sulfide) groups is 1. The van der Waals surface area contributed by atoms with Crippen molar-refractivity contribution < 1.29 is 4.39 Å². The molecule has 7 heteroatoms. The van der Waals surface area contributed by atoms with Crippen LogP contribution in [0.4, 0.5) is 4.39 Å². The van der Waals surface area contributed by atoms with E-state index in [0.29, 0.717) is 27.7 Å². The van der Waals surface area contributed by atoms with Crippen LogP contribution in [0.1, 0.15) is 11.1 Å². The van der Waals surface area contributed by atoms with E-state index in [9.17, 15) is 0 Å². The molecule has 1 saturated heterocycles. The molecule has 3 aliphatic rings. The molecule has 5 rings (SSSR count). The first kappa shape index (κ1) is 23.3. The molecule has 2 heterocycles. The topological polar surface area (TPSA) is 51.2 Å². The second-order valence-electron chi connectivity index (χ2n) is 8.24. The molecule has 0 saturated carbocycles. The van der Waals surface area contributed by atoms with Gasteiger partial charge in [-0.05, 0) is 46.6 Å². The van der Waals surface area contributed by atoms with Gasteiger partial charge in [0.1, 0.15) is 17.0 Å². The number of allylic oxidation sites excluding steroid dienone is 6. The molecule has 2 aromatic rings. The minimum Gasteiger partial charge on any atom is -0.322 e. The number of nitrogens with one attached hydrogen (secondary N) is 3. The molecule has 0 bridgehead atoms. The van der Waals surface area contributed by atoms with Crippen LogP contribution in [-0.4, -0.2) is 21.2 Å². The zero-order valence-electron chi connectivity index (χ0n) is 18.8. The van der Waals surface area contributed by atoms with Gasteiger partial charge in [-0.15, -0.1) is 5.73 Å². The van der Waals surface area contributed by atoms with Gasteiger partial charge in [0.15, 0.2) is 5.11 Å². The van der Waals surface area contributed by atoms with E-state index < -0.39 is 12.0 Å². The number of nitrogens with zero attached hydrogens (tertiary/aromatic N) is 1. The number of rotatable bonds is 6. The highest BCUT2D eigenvalue weighted by molar-refractivity contribution is 8.18. The first-order valence-electron chi connectivity index (χ1n) is 11.2. The summed E-state index contributed by atoms with van der Waals surface area (Å²) in [5.41, 5.74) is 12.7. The Morgan fingerprint density at radius 3 is 2.54 bits per heavy atom. The lowest BCUT2D eigenvalue weighted by Crippen LogP contribution is -2.37. The fraction of sp³-hybridized carbons (Fsp3) is 0.107. The summed E-state index contributed by atoms with van der Waals surface area (Å²) >= 11 is 6.62. The van der Waals surface area contributed by atoms with E-state index in [1.54, 1.807) is 0 Å². The molecule has 0 aromatic heterocycles. The van der Waals surface area contributed by atoms with Crippen molar-refractivity contribution in [1.29, 1.82) is 5.41 Å². The molecule has 35 heavy (non-hydrogen) atoms. The first-order chi connectivity index (χ1) is 17.0. The fourth-order valence-corrected chi connectivity index (χ4v) is 5.57. The molecule has 1 fully saturated rings. The molecule has 2 aliphatic heterocycles. The summed E-state index contributed by atoms with van der Waals surface area (Å²) in [5, 5.41) is 9.43. The van der Waals surface area contributed by atoms with Crippen molar-refractivity contribution in [3.8, 4) is 0 Å². The molecule has 2 unspecified atom stereocenters. The summed E-state index contributed by atoms with van der Waals surface area (Å²) < 4.78 is 16.3. The Labute approximate surface area is 213 Å². The van der Waals surface area contributed by atoms with E-state index >= 15 is 4.39 Å². The highest BCUT2D eigenvalue weighted by Crippen LogP contribution is 2.46. The number of benzene rings is 2. The minimum atomic E-state index is -0.533. The van der Waals surface area contributed by atoms with Crippen LogP contribution in [0, 0.1) is 11.3 Å². The highest BCUT2D eigenvalue weighted by atomic mass is 32.2. The molecule has 1 aliphatic carbocycles. The van der Waals surface area contributed by atoms with Gasteiger partial charge in [-0.25, -0.2) is 9.82 Å². The zero-order valence-corrected chi connectivity index (χ0v) is 20.4. The predicted molar refractivity (Wildman–Crippen MR) is 146 cm³/mol. The zero-order chi connectivity index (χ0) is 24.4. The minimum absolute atomic E-state index is 0.153. The molecule has 3 N–H and O–H groups in total. The van der Waals surface area contributed by atoms with Gasteiger partial charge in [-0.1, -0.05) is 91.2 Å². The fourth-order valence-electron chi connectivity index (χ4n) is 4.33. The summed E-state index contributed by atoms with van der Waals surface area (Å²) in [6.07, 6.45) is 7.02. The molecule has 0 amide bonds. The van der Waals surface area contributed by atoms with Crippen molar-refractivity contribution >= 4 is 39.7 Å². The molecule has 2 aromatic carbocycles. The van der Waals surface area contributed by atoms with Crippen molar-refractivity contribution in [2.24, 2.45) is 5.92 Å². The highest BCUT2D eigenvalue weighted by Gasteiger charge is 2.40. The normalized spacial score (nSPS) is 22.7. The first-order valence-corrected chi connectivity index (χ1v) is 12.4. The molecule has 174 valence electrons. The Morgan fingerprint density at radius 2 is 1.86 bits per heavy atom. The van der Waals surface area contributed by atoms with Crippen molar-refractivity contribution in [3.05, 3.63) is 130 Å². The summed E-state index contributed by atoms with van der Waals surface area (Å²) in [4.78, 5) is 2.31. The number of thiocarbonyl (C=S) groups is 1. The lowest BCUT2D eigenvalue weighted by atomic mass is 9.84. The number of hydrogen-bond acceptors (Lipinski definition) is 4. The second kappa shape index (κ2) is 10.0. The van der Waals surface area contributed by atoms with Crippen LogP contribution < -0.4 is 10.9 Å². The van der Waals surface area contributed by atoms with Crippen LogP contribution in [0.25, 0.3) is 5.57 Å². The maximum Gasteiger partial charge on any atom is 0.185 e. The average molecular weight is 499 g/mol. The van der Waals surface area contributed by atoms with E-state index in [4.69, 9.17) is 17.6 Å². The second-order valence-corrected chi connectivity index (χ2v) is 9.68. The Hall–Kier alpha value is -3.48. The number of halogens is 1. The molecule has 2 atom stereocenters. The maximum atomic E-state index is 16.3. The van der Waals surface area contributed by atoms with E-state index in [2.05, 4.69) is 23.2 Å². The Morgan fingerprint density at radius 1 is 1.14 bits per heavy atom.